The van der Waals surface area contributed by atoms with E-state index in [1.54, 1.807) is 12.1 Å². The van der Waals surface area contributed by atoms with Gasteiger partial charge in [0.25, 0.3) is 0 Å². The van der Waals surface area contributed by atoms with Crippen molar-refractivity contribution in [1.82, 2.24) is 3.97 Å². The van der Waals surface area contributed by atoms with Gasteiger partial charge in [0.1, 0.15) is 5.69 Å². The third-order valence-electron chi connectivity index (χ3n) is 3.92. The maximum absolute atomic E-state index is 12.6. The zero-order valence-corrected chi connectivity index (χ0v) is 13.9. The number of hydrogen-bond acceptors (Lipinski definition) is 3. The summed E-state index contributed by atoms with van der Waals surface area (Å²) in [5.41, 5.74) is 2.44. The summed E-state index contributed by atoms with van der Waals surface area (Å²) in [6.45, 7) is 3.50. The molecule has 0 aliphatic heterocycles. The minimum absolute atomic E-state index is 0.182. The molecule has 2 aromatic carbocycles. The van der Waals surface area contributed by atoms with E-state index in [-0.39, 0.29) is 11.4 Å². The summed E-state index contributed by atoms with van der Waals surface area (Å²) >= 11 is 0. The van der Waals surface area contributed by atoms with Crippen LogP contribution in [0.1, 0.15) is 21.6 Å². The Hall–Kier alpha value is -2.66. The second-order valence-electron chi connectivity index (χ2n) is 5.49. The number of benzene rings is 2. The molecule has 0 atom stereocenters. The first kappa shape index (κ1) is 16.2. The van der Waals surface area contributed by atoms with Gasteiger partial charge in [-0.05, 0) is 17.2 Å². The lowest BCUT2D eigenvalue weighted by molar-refractivity contribution is 0.111. The standard InChI is InChI=1S/C19H17NO3S/c1-2-12-24(22,23)20-18-11-7-6-10-16(18)17(19(20)14-21)13-15-8-4-3-5-9-15/h2-11,14H,1,12-13H2. The van der Waals surface area contributed by atoms with E-state index in [0.29, 0.717) is 18.2 Å². The summed E-state index contributed by atoms with van der Waals surface area (Å²) in [5.74, 6) is -0.225. The van der Waals surface area contributed by atoms with Crippen LogP contribution < -0.4 is 0 Å². The van der Waals surface area contributed by atoms with Crippen molar-refractivity contribution in [2.75, 3.05) is 5.75 Å². The fourth-order valence-electron chi connectivity index (χ4n) is 2.92. The average molecular weight is 339 g/mol. The van der Waals surface area contributed by atoms with Gasteiger partial charge in [0, 0.05) is 11.8 Å². The number of carbonyl (C=O) groups is 1. The molecule has 0 spiro atoms. The molecule has 1 aromatic heterocycles. The van der Waals surface area contributed by atoms with E-state index in [4.69, 9.17) is 0 Å². The lowest BCUT2D eigenvalue weighted by atomic mass is 10.0. The molecule has 0 saturated heterocycles. The molecule has 0 unspecified atom stereocenters. The van der Waals surface area contributed by atoms with Crippen LogP contribution in [0.4, 0.5) is 0 Å². The van der Waals surface area contributed by atoms with E-state index < -0.39 is 10.0 Å². The molecule has 1 heterocycles. The predicted octanol–water partition coefficient (Wildman–Crippen LogP) is 3.41. The molecule has 0 aliphatic carbocycles. The molecule has 0 amide bonds. The van der Waals surface area contributed by atoms with Crippen molar-refractivity contribution in [1.29, 1.82) is 0 Å². The largest absolute Gasteiger partial charge is 0.296 e. The number of hydrogen-bond donors (Lipinski definition) is 0. The zero-order valence-electron chi connectivity index (χ0n) is 13.1. The first-order chi connectivity index (χ1) is 11.6. The van der Waals surface area contributed by atoms with Gasteiger partial charge in [-0.15, -0.1) is 6.58 Å². The number of para-hydroxylation sites is 1. The van der Waals surface area contributed by atoms with Crippen molar-refractivity contribution in [3.8, 4) is 0 Å². The van der Waals surface area contributed by atoms with Crippen molar-refractivity contribution >= 4 is 27.2 Å². The van der Waals surface area contributed by atoms with Gasteiger partial charge >= 0.3 is 0 Å². The normalized spacial score (nSPS) is 11.5. The van der Waals surface area contributed by atoms with Crippen LogP contribution in [-0.2, 0) is 16.4 Å². The van der Waals surface area contributed by atoms with Crippen LogP contribution in [0.2, 0.25) is 0 Å². The van der Waals surface area contributed by atoms with E-state index in [2.05, 4.69) is 6.58 Å². The summed E-state index contributed by atoms with van der Waals surface area (Å²) in [5, 5.41) is 0.774. The number of aldehydes is 1. The summed E-state index contributed by atoms with van der Waals surface area (Å²) in [4.78, 5) is 11.7. The molecule has 0 fully saturated rings. The first-order valence-corrected chi connectivity index (χ1v) is 9.15. The summed E-state index contributed by atoms with van der Waals surface area (Å²) < 4.78 is 26.4. The smallest absolute Gasteiger partial charge is 0.243 e. The molecule has 122 valence electrons. The Morgan fingerprint density at radius 1 is 1.00 bits per heavy atom. The molecule has 5 heteroatoms. The van der Waals surface area contributed by atoms with E-state index in [0.717, 1.165) is 20.5 Å². The Kier molecular flexibility index (Phi) is 4.36. The Bertz CT molecular complexity index is 1000. The molecule has 24 heavy (non-hydrogen) atoms. The van der Waals surface area contributed by atoms with Gasteiger partial charge in [0.05, 0.1) is 11.3 Å². The lowest BCUT2D eigenvalue weighted by Gasteiger charge is -2.07. The molecule has 0 radical (unpaired) electrons. The van der Waals surface area contributed by atoms with E-state index >= 15 is 0 Å². The van der Waals surface area contributed by atoms with Crippen molar-refractivity contribution in [3.63, 3.8) is 0 Å². The van der Waals surface area contributed by atoms with Gasteiger partial charge in [0.2, 0.25) is 10.0 Å². The van der Waals surface area contributed by atoms with Gasteiger partial charge in [-0.2, -0.15) is 0 Å². The highest BCUT2D eigenvalue weighted by Gasteiger charge is 2.24. The summed E-state index contributed by atoms with van der Waals surface area (Å²) in [7, 11) is -3.68. The number of nitrogens with zero attached hydrogens (tertiary/aromatic N) is 1. The van der Waals surface area contributed by atoms with Crippen LogP contribution in [0.25, 0.3) is 10.9 Å². The van der Waals surface area contributed by atoms with E-state index in [1.807, 2.05) is 42.5 Å². The molecular weight excluding hydrogens is 322 g/mol. The Morgan fingerprint density at radius 2 is 1.67 bits per heavy atom. The van der Waals surface area contributed by atoms with Gasteiger partial charge in [-0.1, -0.05) is 54.6 Å². The third kappa shape index (κ3) is 2.78. The molecule has 3 rings (SSSR count). The van der Waals surface area contributed by atoms with Crippen molar-refractivity contribution in [2.45, 2.75) is 6.42 Å². The molecule has 0 N–H and O–H groups in total. The Labute approximate surface area is 141 Å². The van der Waals surface area contributed by atoms with E-state index in [9.17, 15) is 13.2 Å². The van der Waals surface area contributed by atoms with Crippen LogP contribution >= 0.6 is 0 Å². The lowest BCUT2D eigenvalue weighted by Crippen LogP contribution is -2.18. The second-order valence-corrected chi connectivity index (χ2v) is 7.36. The maximum Gasteiger partial charge on any atom is 0.243 e. The van der Waals surface area contributed by atoms with Gasteiger partial charge in [0.15, 0.2) is 6.29 Å². The van der Waals surface area contributed by atoms with Crippen LogP contribution in [0.5, 0.6) is 0 Å². The highest BCUT2D eigenvalue weighted by atomic mass is 32.2. The summed E-state index contributed by atoms with van der Waals surface area (Å²) in [6.07, 6.45) is 2.44. The fraction of sp³-hybridized carbons (Fsp3) is 0.105. The highest BCUT2D eigenvalue weighted by molar-refractivity contribution is 7.90. The van der Waals surface area contributed by atoms with Crippen LogP contribution in [-0.4, -0.2) is 24.4 Å². The zero-order chi connectivity index (χ0) is 17.2. The molecule has 4 nitrogen and oxygen atoms in total. The molecular formula is C19H17NO3S. The SMILES string of the molecule is C=CCS(=O)(=O)n1c(C=O)c(Cc2ccccc2)c2ccccc21. The molecule has 0 bridgehead atoms. The fourth-order valence-corrected chi connectivity index (χ4v) is 4.28. The topological polar surface area (TPSA) is 56.1 Å². The van der Waals surface area contributed by atoms with Crippen molar-refractivity contribution < 1.29 is 13.2 Å². The monoisotopic (exact) mass is 339 g/mol. The third-order valence-corrected chi connectivity index (χ3v) is 5.52. The maximum atomic E-state index is 12.6. The van der Waals surface area contributed by atoms with Crippen LogP contribution in [0.15, 0.2) is 67.3 Å². The Morgan fingerprint density at radius 3 is 2.33 bits per heavy atom. The quantitative estimate of drug-likeness (QED) is 0.511. The Balaban J connectivity index is 2.30. The van der Waals surface area contributed by atoms with Crippen molar-refractivity contribution in [3.05, 3.63) is 84.1 Å². The number of fused-ring (bicyclic) bond motifs is 1. The minimum atomic E-state index is -3.68. The molecule has 0 aliphatic rings. The van der Waals surface area contributed by atoms with Gasteiger partial charge < -0.3 is 0 Å². The van der Waals surface area contributed by atoms with Gasteiger partial charge in [-0.25, -0.2) is 12.4 Å². The van der Waals surface area contributed by atoms with E-state index in [1.165, 1.54) is 6.08 Å². The number of aromatic nitrogens is 1. The summed E-state index contributed by atoms with van der Waals surface area (Å²) in [6, 6.07) is 16.9. The average Bonchev–Trinajstić information content (AvgIpc) is 2.90. The van der Waals surface area contributed by atoms with Gasteiger partial charge in [-0.3, -0.25) is 4.79 Å². The first-order valence-electron chi connectivity index (χ1n) is 7.54. The van der Waals surface area contributed by atoms with Crippen LogP contribution in [0.3, 0.4) is 0 Å². The highest BCUT2D eigenvalue weighted by Crippen LogP contribution is 2.29. The minimum Gasteiger partial charge on any atom is -0.296 e. The van der Waals surface area contributed by atoms with Crippen LogP contribution in [0, 0.1) is 0 Å². The molecule has 0 saturated carbocycles. The second kappa shape index (κ2) is 6.45. The number of rotatable bonds is 6. The molecule has 3 aromatic rings. The predicted molar refractivity (Wildman–Crippen MR) is 96.0 cm³/mol. The number of carbonyl (C=O) groups excluding carboxylic acids is 1. The van der Waals surface area contributed by atoms with Crippen molar-refractivity contribution in [2.24, 2.45) is 0 Å².